The first-order valence-corrected chi connectivity index (χ1v) is 9.75. The second-order valence-electron chi connectivity index (χ2n) is 8.88. The fourth-order valence-corrected chi connectivity index (χ4v) is 3.29. The summed E-state index contributed by atoms with van der Waals surface area (Å²) in [7, 11) is 0. The van der Waals surface area contributed by atoms with Gasteiger partial charge in [-0.25, -0.2) is 4.52 Å². The minimum atomic E-state index is -0.276. The Balaban J connectivity index is 0.00000300. The summed E-state index contributed by atoms with van der Waals surface area (Å²) in [5, 5.41) is 15.9. The number of fused-ring (bicyclic) bond motifs is 1. The van der Waals surface area contributed by atoms with E-state index in [4.69, 9.17) is 4.74 Å². The van der Waals surface area contributed by atoms with Crippen LogP contribution in [0.15, 0.2) is 24.3 Å². The zero-order chi connectivity index (χ0) is 20.7. The first-order chi connectivity index (χ1) is 13.0. The van der Waals surface area contributed by atoms with E-state index in [-0.39, 0.29) is 29.5 Å². The molecule has 29 heavy (non-hydrogen) atoms. The largest absolute Gasteiger partial charge is 2.00 e. The molecule has 7 heteroatoms. The summed E-state index contributed by atoms with van der Waals surface area (Å²) in [4.78, 5) is 0. The molecular weight excluding hydrogens is 401 g/mol. The topological polar surface area (TPSA) is 67.2 Å². The number of aryl methyl sites for hydroxylation is 2. The molecular formula is C22H32N5OV+. The monoisotopic (exact) mass is 433 g/mol. The van der Waals surface area contributed by atoms with Crippen LogP contribution in [-0.2, 0) is 30.5 Å². The van der Waals surface area contributed by atoms with Crippen LogP contribution in [0.3, 0.4) is 0 Å². The third-order valence-electron chi connectivity index (χ3n) is 5.69. The molecule has 0 bridgehead atoms. The third-order valence-corrected chi connectivity index (χ3v) is 5.69. The first kappa shape index (κ1) is 23.5. The number of hydrogen-bond donors (Lipinski definition) is 2. The van der Waals surface area contributed by atoms with Gasteiger partial charge in [0.25, 0.3) is 0 Å². The van der Waals surface area contributed by atoms with E-state index in [9.17, 15) is 0 Å². The van der Waals surface area contributed by atoms with Gasteiger partial charge in [0.15, 0.2) is 11.5 Å². The summed E-state index contributed by atoms with van der Waals surface area (Å²) in [6, 6.07) is 8.31. The first-order valence-electron chi connectivity index (χ1n) is 9.75. The van der Waals surface area contributed by atoms with E-state index in [1.54, 1.807) is 0 Å². The van der Waals surface area contributed by atoms with Gasteiger partial charge >= 0.3 is 18.6 Å². The number of nitrogens with zero attached hydrogens (tertiary/aromatic N) is 3. The van der Waals surface area contributed by atoms with Crippen LogP contribution in [0.5, 0.6) is 5.75 Å². The van der Waals surface area contributed by atoms with Gasteiger partial charge in [-0.15, -0.1) is 10.2 Å². The summed E-state index contributed by atoms with van der Waals surface area (Å²) >= 11 is 0. The van der Waals surface area contributed by atoms with E-state index in [0.717, 1.165) is 34.6 Å². The van der Waals surface area contributed by atoms with Crippen molar-refractivity contribution in [3.8, 4) is 5.75 Å². The van der Waals surface area contributed by atoms with Crippen molar-refractivity contribution in [2.45, 2.75) is 72.9 Å². The number of nitrogens with one attached hydrogen (secondary N) is 2. The standard InChI is InChI=1S/C22H32N5O.V/c1-14(2)28-18-10-9-15(3)11-17(18)13-23-22(7,8)21(5,6)20-25-24-19-12-16(4)26-27(19)20;/h9-12,23,26H,13H2,1-8H3;/q-1;+2. The molecule has 2 N–H and O–H groups in total. The number of hydrogen-bond acceptors (Lipinski definition) is 4. The van der Waals surface area contributed by atoms with Crippen LogP contribution in [0.2, 0.25) is 0 Å². The van der Waals surface area contributed by atoms with Crippen LogP contribution >= 0.6 is 0 Å². The zero-order valence-electron chi connectivity index (χ0n) is 18.7. The van der Waals surface area contributed by atoms with Crippen molar-refractivity contribution >= 4 is 5.65 Å². The van der Waals surface area contributed by atoms with Crippen LogP contribution in [0.25, 0.3) is 5.65 Å². The summed E-state index contributed by atoms with van der Waals surface area (Å²) < 4.78 is 7.91. The Bertz CT molecular complexity index is 971. The predicted molar refractivity (Wildman–Crippen MR) is 112 cm³/mol. The molecule has 2 heterocycles. The van der Waals surface area contributed by atoms with Gasteiger partial charge in [-0.3, -0.25) is 5.10 Å². The summed E-state index contributed by atoms with van der Waals surface area (Å²) in [5.41, 5.74) is 3.76. The molecule has 0 saturated carbocycles. The molecule has 1 aromatic carbocycles. The molecule has 3 rings (SSSR count). The third kappa shape index (κ3) is 4.71. The van der Waals surface area contributed by atoms with Gasteiger partial charge in [0.05, 0.1) is 5.75 Å². The minimum Gasteiger partial charge on any atom is -0.660 e. The maximum absolute atomic E-state index is 5.93. The van der Waals surface area contributed by atoms with E-state index in [1.807, 2.05) is 37.4 Å². The Hall–Kier alpha value is -1.76. The Morgan fingerprint density at radius 1 is 1.10 bits per heavy atom. The summed E-state index contributed by atoms with van der Waals surface area (Å²) in [6.45, 7) is 17.6. The number of benzene rings is 1. The molecule has 6 nitrogen and oxygen atoms in total. The SMILES string of the molecule is Cc1ccc(O[C-](C)C)c(CNC(C)(C)C(C)(C)c2nnc3cc(C)[nH]n23)c1.[V+2]. The van der Waals surface area contributed by atoms with Crippen LogP contribution < -0.4 is 10.1 Å². The Labute approximate surface area is 185 Å². The number of H-pyrrole nitrogens is 1. The molecule has 0 atom stereocenters. The Kier molecular flexibility index (Phi) is 6.93. The van der Waals surface area contributed by atoms with Crippen LogP contribution in [0, 0.1) is 20.0 Å². The van der Waals surface area contributed by atoms with Crippen molar-refractivity contribution in [2.24, 2.45) is 0 Å². The number of ether oxygens (including phenoxy) is 1. The van der Waals surface area contributed by atoms with Crippen molar-refractivity contribution in [1.82, 2.24) is 25.1 Å². The Morgan fingerprint density at radius 2 is 1.79 bits per heavy atom. The molecule has 0 unspecified atom stereocenters. The van der Waals surface area contributed by atoms with Crippen LogP contribution in [0.4, 0.5) is 0 Å². The smallest absolute Gasteiger partial charge is 0.660 e. The van der Waals surface area contributed by atoms with Gasteiger partial charge in [-0.2, -0.15) is 20.0 Å². The quantitative estimate of drug-likeness (QED) is 0.540. The molecule has 3 aromatic rings. The molecule has 0 saturated heterocycles. The van der Waals surface area contributed by atoms with Crippen LogP contribution in [-0.4, -0.2) is 25.4 Å². The molecule has 2 aromatic heterocycles. The summed E-state index contributed by atoms with van der Waals surface area (Å²) in [6.07, 6.45) is 0.928. The molecule has 155 valence electrons. The molecule has 1 radical (unpaired) electrons. The van der Waals surface area contributed by atoms with E-state index in [1.165, 1.54) is 5.56 Å². The number of aromatic nitrogens is 4. The van der Waals surface area contributed by atoms with Crippen molar-refractivity contribution < 1.29 is 23.3 Å². The van der Waals surface area contributed by atoms with Gasteiger partial charge in [-0.05, 0) is 33.8 Å². The molecule has 0 spiro atoms. The fraction of sp³-hybridized carbons (Fsp3) is 0.500. The van der Waals surface area contributed by atoms with Gasteiger partial charge in [-0.1, -0.05) is 31.5 Å². The van der Waals surface area contributed by atoms with Crippen molar-refractivity contribution in [3.05, 3.63) is 53.0 Å². The second-order valence-corrected chi connectivity index (χ2v) is 8.88. The van der Waals surface area contributed by atoms with E-state index in [2.05, 4.69) is 67.4 Å². The molecule has 0 amide bonds. The van der Waals surface area contributed by atoms with Crippen molar-refractivity contribution in [3.63, 3.8) is 0 Å². The average molecular weight is 433 g/mol. The minimum absolute atomic E-state index is 0. The van der Waals surface area contributed by atoms with Crippen LogP contribution in [0.1, 0.15) is 64.2 Å². The number of aromatic amines is 1. The molecule has 0 aliphatic rings. The van der Waals surface area contributed by atoms with Gasteiger partial charge in [0.1, 0.15) is 0 Å². The number of rotatable bonds is 7. The van der Waals surface area contributed by atoms with E-state index >= 15 is 0 Å². The van der Waals surface area contributed by atoms with Gasteiger partial charge < -0.3 is 10.1 Å². The van der Waals surface area contributed by atoms with E-state index < -0.39 is 0 Å². The molecule has 0 fully saturated rings. The zero-order valence-corrected chi connectivity index (χ0v) is 20.1. The fourth-order valence-electron chi connectivity index (χ4n) is 3.29. The normalized spacial score (nSPS) is 12.4. The maximum Gasteiger partial charge on any atom is 2.00 e. The van der Waals surface area contributed by atoms with E-state index in [0.29, 0.717) is 6.54 Å². The average Bonchev–Trinajstić information content (AvgIpc) is 3.13. The second kappa shape index (κ2) is 8.54. The van der Waals surface area contributed by atoms with Crippen molar-refractivity contribution in [1.29, 1.82) is 0 Å². The predicted octanol–water partition coefficient (Wildman–Crippen LogP) is 4.47. The Morgan fingerprint density at radius 3 is 2.45 bits per heavy atom. The van der Waals surface area contributed by atoms with Crippen molar-refractivity contribution in [2.75, 3.05) is 0 Å². The molecule has 0 aliphatic heterocycles. The van der Waals surface area contributed by atoms with Gasteiger partial charge in [0, 0.05) is 34.8 Å². The molecule has 0 aliphatic carbocycles. The maximum atomic E-state index is 5.93. The van der Waals surface area contributed by atoms with Gasteiger partial charge in [0.2, 0.25) is 0 Å². The summed E-state index contributed by atoms with van der Waals surface area (Å²) in [5.74, 6) is 1.81.